The van der Waals surface area contributed by atoms with E-state index in [0.29, 0.717) is 0 Å². The molecule has 3 aliphatic heterocycles. The second-order valence-electron chi connectivity index (χ2n) is 22.2. The van der Waals surface area contributed by atoms with Crippen LogP contribution in [0.1, 0.15) is 128 Å². The summed E-state index contributed by atoms with van der Waals surface area (Å²) in [6, 6.07) is 66.3. The minimum atomic E-state index is -5.00. The summed E-state index contributed by atoms with van der Waals surface area (Å²) in [5.74, 6) is 2.28. The third-order valence-corrected chi connectivity index (χ3v) is 29.8. The Kier molecular flexibility index (Phi) is 9.98. The number of hydrogen-bond acceptors (Lipinski definition) is 4. The van der Waals surface area contributed by atoms with Gasteiger partial charge in [0.25, 0.3) is 0 Å². The topological polar surface area (TPSA) is 31.0 Å². The van der Waals surface area contributed by atoms with Crippen molar-refractivity contribution in [3.8, 4) is 0 Å². The molecule has 9 rings (SSSR count). The first-order chi connectivity index (χ1) is 30.2. The number of rotatable bonds is 8. The standard InChI is InChI=1S/C56H68N4O2Si2/c1-53(2,3)57-51(47-39-27-17-28-40-47)58(54(4,5)6)63(57,49(43-31-19-13-20-32-43)44-33-21-14-22-34-44)61-64(62-63,50(45-35-23-15-24-36-45)46-37-25-16-26-38-46)59(55(7,8)9)52(60(64)56(10,11)12)48-41-29-18-30-42-48/h13-42,49-50H,1-12H3. The third kappa shape index (κ3) is 6.02. The average Bonchev–Trinajstić information content (AvgIpc) is 3.21. The van der Waals surface area contributed by atoms with Gasteiger partial charge in [0.1, 0.15) is 0 Å². The Morgan fingerprint density at radius 2 is 0.562 bits per heavy atom. The van der Waals surface area contributed by atoms with Crippen molar-refractivity contribution in [3.05, 3.63) is 215 Å². The molecule has 0 atom stereocenters. The van der Waals surface area contributed by atoms with Crippen LogP contribution in [0.25, 0.3) is 0 Å². The molecule has 8 heteroatoms. The molecule has 332 valence electrons. The van der Waals surface area contributed by atoms with Gasteiger partial charge in [-0.15, -0.1) is 0 Å². The van der Waals surface area contributed by atoms with Crippen LogP contribution in [-0.4, -0.2) is 67.8 Å². The van der Waals surface area contributed by atoms with Crippen LogP contribution in [0.15, 0.2) is 182 Å². The molecule has 0 N–H and O–H groups in total. The quantitative estimate of drug-likeness (QED) is 0.143. The van der Waals surface area contributed by atoms with E-state index in [0.717, 1.165) is 22.8 Å². The van der Waals surface area contributed by atoms with Crippen LogP contribution in [-0.2, 0) is 8.23 Å². The number of nitrogens with zero attached hydrogens (tertiary/aromatic N) is 4. The number of benzene rings is 6. The predicted octanol–water partition coefficient (Wildman–Crippen LogP) is 12.3. The van der Waals surface area contributed by atoms with Gasteiger partial charge in [0, 0.05) is 0 Å². The third-order valence-electron chi connectivity index (χ3n) is 13.5. The first kappa shape index (κ1) is 43.8. The van der Waals surface area contributed by atoms with Gasteiger partial charge in [-0.3, -0.25) is 0 Å². The van der Waals surface area contributed by atoms with Gasteiger partial charge in [-0.05, 0) is 0 Å². The van der Waals surface area contributed by atoms with Gasteiger partial charge in [-0.1, -0.05) is 0 Å². The van der Waals surface area contributed by atoms with Crippen molar-refractivity contribution in [2.24, 2.45) is 0 Å². The monoisotopic (exact) mass is 884 g/mol. The molecule has 3 heterocycles. The van der Waals surface area contributed by atoms with Crippen molar-refractivity contribution in [1.29, 1.82) is 0 Å². The van der Waals surface area contributed by atoms with Gasteiger partial charge in [0.05, 0.1) is 0 Å². The van der Waals surface area contributed by atoms with Crippen LogP contribution in [0.5, 0.6) is 0 Å². The molecule has 0 bridgehead atoms. The summed E-state index contributed by atoms with van der Waals surface area (Å²) >= 11 is 0. The molecule has 0 aliphatic carbocycles. The average molecular weight is 885 g/mol. The number of hydrogen-bond donors (Lipinski definition) is 0. The second kappa shape index (κ2) is 14.6. The van der Waals surface area contributed by atoms with E-state index in [1.54, 1.807) is 0 Å². The van der Waals surface area contributed by atoms with Gasteiger partial charge in [0.15, 0.2) is 0 Å². The minimum absolute atomic E-state index is 0.316. The summed E-state index contributed by atoms with van der Waals surface area (Å²) in [6.07, 6.45) is 0. The van der Waals surface area contributed by atoms with Crippen LogP contribution in [0.4, 0.5) is 0 Å². The van der Waals surface area contributed by atoms with Gasteiger partial charge >= 0.3 is 386 Å². The molecule has 0 unspecified atom stereocenters. The molecule has 2 spiro atoms. The van der Waals surface area contributed by atoms with Crippen molar-refractivity contribution in [2.75, 3.05) is 0 Å². The Morgan fingerprint density at radius 1 is 0.344 bits per heavy atom. The molecular formula is C56H68N4O2Si2. The molecule has 1 saturated heterocycles. The zero-order valence-corrected chi connectivity index (χ0v) is 42.1. The van der Waals surface area contributed by atoms with Crippen LogP contribution in [0, 0.1) is 0 Å². The molecule has 0 amide bonds. The fourth-order valence-corrected chi connectivity index (χ4v) is 34.7. The Labute approximate surface area is 383 Å². The molecule has 0 radical (unpaired) electrons. The summed E-state index contributed by atoms with van der Waals surface area (Å²) < 4.78 is 29.8. The Balaban J connectivity index is 1.56. The van der Waals surface area contributed by atoms with Crippen LogP contribution < -0.4 is 0 Å². The van der Waals surface area contributed by atoms with E-state index in [1.165, 1.54) is 22.3 Å². The zero-order valence-electron chi connectivity index (χ0n) is 40.1. The van der Waals surface area contributed by atoms with E-state index in [4.69, 9.17) is 0 Å². The normalized spacial score (nSPS) is 20.2. The van der Waals surface area contributed by atoms with E-state index in [9.17, 15) is 8.23 Å². The van der Waals surface area contributed by atoms with Gasteiger partial charge in [-0.25, -0.2) is 0 Å². The first-order valence-electron chi connectivity index (χ1n) is 23.2. The number of amidine groups is 2. The van der Waals surface area contributed by atoms with E-state index in [1.807, 2.05) is 0 Å². The van der Waals surface area contributed by atoms with Crippen LogP contribution >= 0.6 is 0 Å². The predicted molar refractivity (Wildman–Crippen MR) is 267 cm³/mol. The second-order valence-corrected chi connectivity index (χ2v) is 30.9. The van der Waals surface area contributed by atoms with Crippen molar-refractivity contribution < 1.29 is 16.7 Å². The molecule has 6 aromatic rings. The summed E-state index contributed by atoms with van der Waals surface area (Å²) in [4.78, 5) is 0. The fraction of sp³-hybridized carbons (Fsp3) is 0.321. The van der Waals surface area contributed by atoms with Gasteiger partial charge in [0.2, 0.25) is 0 Å². The molecule has 64 heavy (non-hydrogen) atoms. The molecule has 6 nitrogen and oxygen atoms in total. The fourth-order valence-electron chi connectivity index (χ4n) is 12.5. The van der Waals surface area contributed by atoms with Gasteiger partial charge in [-0.2, -0.15) is 0 Å². The SMILES string of the molecule is CC(C)(C)N1C(c2ccccc2)=[N+](C(C)(C)C)[Si-]12(C(c1ccccc1)c1ccccc1)O[Si-]1(C(c3ccccc3)c3ccccc3)(O2)N(C(C)(C)C)C(c2ccccc2)=[N+]1C(C)(C)C. The molecule has 6 aromatic carbocycles. The van der Waals surface area contributed by atoms with E-state index < -0.39 is 38.5 Å². The van der Waals surface area contributed by atoms with Crippen molar-refractivity contribution in [1.82, 2.24) is 9.13 Å². The first-order valence-corrected chi connectivity index (χ1v) is 27.8. The Hall–Kier alpha value is -5.39. The summed E-state index contributed by atoms with van der Waals surface area (Å²) in [5.41, 5.74) is 4.48. The van der Waals surface area contributed by atoms with Crippen molar-refractivity contribution >= 4 is 28.0 Å². The molecule has 1 fully saturated rings. The molecule has 0 saturated carbocycles. The Bertz CT molecular complexity index is 2460. The summed E-state index contributed by atoms with van der Waals surface area (Å²) in [7, 11) is -10.0. The molecule has 3 aliphatic rings. The maximum absolute atomic E-state index is 9.51. The van der Waals surface area contributed by atoms with Crippen molar-refractivity contribution in [2.45, 2.75) is 116 Å². The van der Waals surface area contributed by atoms with Crippen LogP contribution in [0.2, 0.25) is 0 Å². The summed E-state index contributed by atoms with van der Waals surface area (Å²) in [5, 5.41) is 0. The van der Waals surface area contributed by atoms with Crippen LogP contribution in [0.3, 0.4) is 0 Å². The summed E-state index contributed by atoms with van der Waals surface area (Å²) in [6.45, 7) is 28.3. The molecular weight excluding hydrogens is 817 g/mol. The zero-order chi connectivity index (χ0) is 45.6. The Morgan fingerprint density at radius 3 is 0.766 bits per heavy atom. The van der Waals surface area contributed by atoms with Crippen molar-refractivity contribution in [3.63, 3.8) is 0 Å². The molecule has 0 aromatic heterocycles. The van der Waals surface area contributed by atoms with E-state index >= 15 is 0 Å². The maximum atomic E-state index is 9.51. The van der Waals surface area contributed by atoms with E-state index in [2.05, 4.69) is 283 Å². The van der Waals surface area contributed by atoms with E-state index in [-0.39, 0.29) is 11.1 Å². The van der Waals surface area contributed by atoms with Gasteiger partial charge < -0.3 is 0 Å².